The van der Waals surface area contributed by atoms with E-state index in [1.54, 1.807) is 11.6 Å². The van der Waals surface area contributed by atoms with Crippen molar-refractivity contribution in [1.82, 2.24) is 10.3 Å². The molecule has 0 bridgehead atoms. The summed E-state index contributed by atoms with van der Waals surface area (Å²) in [6.07, 6.45) is 1.60. The van der Waals surface area contributed by atoms with Gasteiger partial charge in [-0.1, -0.05) is 0 Å². The van der Waals surface area contributed by atoms with E-state index < -0.39 is 0 Å². The van der Waals surface area contributed by atoms with Gasteiger partial charge in [-0.3, -0.25) is 4.79 Å². The van der Waals surface area contributed by atoms with Gasteiger partial charge >= 0.3 is 0 Å². The van der Waals surface area contributed by atoms with Gasteiger partial charge in [0.05, 0.1) is 0 Å². The number of amides is 1. The fourth-order valence-electron chi connectivity index (χ4n) is 0.597. The van der Waals surface area contributed by atoms with Crippen molar-refractivity contribution in [3.05, 3.63) is 16.6 Å². The zero-order chi connectivity index (χ0) is 8.10. The van der Waals surface area contributed by atoms with Crippen LogP contribution >= 0.6 is 11.3 Å². The van der Waals surface area contributed by atoms with Crippen LogP contribution in [0.1, 0.15) is 9.80 Å². The third-order valence-corrected chi connectivity index (χ3v) is 1.83. The molecule has 0 unspecified atom stereocenters. The highest BCUT2D eigenvalue weighted by Crippen LogP contribution is 2.02. The maximum absolute atomic E-state index is 11.0. The van der Waals surface area contributed by atoms with Crippen molar-refractivity contribution in [3.8, 4) is 0 Å². The van der Waals surface area contributed by atoms with Crippen LogP contribution in [0, 0.1) is 0 Å². The predicted molar refractivity (Wildman–Crippen MR) is 43.5 cm³/mol. The number of nitrogens with zero attached hydrogens (tertiary/aromatic N) is 1. The van der Waals surface area contributed by atoms with Crippen molar-refractivity contribution in [2.24, 2.45) is 5.73 Å². The van der Waals surface area contributed by atoms with E-state index in [2.05, 4.69) is 10.3 Å². The van der Waals surface area contributed by atoms with E-state index in [4.69, 9.17) is 5.73 Å². The third kappa shape index (κ3) is 2.28. The maximum Gasteiger partial charge on any atom is 0.280 e. The summed E-state index contributed by atoms with van der Waals surface area (Å²) in [5.41, 5.74) is 5.20. The van der Waals surface area contributed by atoms with Crippen LogP contribution < -0.4 is 11.1 Å². The van der Waals surface area contributed by atoms with Gasteiger partial charge in [0.2, 0.25) is 0 Å². The van der Waals surface area contributed by atoms with Crippen LogP contribution in [0.4, 0.5) is 0 Å². The molecule has 0 saturated heterocycles. The molecule has 0 saturated carbocycles. The van der Waals surface area contributed by atoms with E-state index >= 15 is 0 Å². The van der Waals surface area contributed by atoms with Crippen LogP contribution in [0.15, 0.2) is 11.6 Å². The van der Waals surface area contributed by atoms with Crippen molar-refractivity contribution < 1.29 is 4.79 Å². The number of hydrogen-bond acceptors (Lipinski definition) is 4. The van der Waals surface area contributed by atoms with Crippen LogP contribution in [0.5, 0.6) is 0 Å². The first kappa shape index (κ1) is 8.16. The summed E-state index contributed by atoms with van der Waals surface area (Å²) < 4.78 is 0. The Balaban J connectivity index is 2.43. The molecule has 0 radical (unpaired) electrons. The standard InChI is InChI=1S/C6H9N3OS/c7-1-2-8-5(10)6-9-3-4-11-6/h3-4H,1-2,7H2,(H,8,10). The van der Waals surface area contributed by atoms with Gasteiger partial charge in [0.1, 0.15) is 0 Å². The summed E-state index contributed by atoms with van der Waals surface area (Å²) in [6, 6.07) is 0. The normalized spacial score (nSPS) is 9.55. The Morgan fingerprint density at radius 2 is 2.64 bits per heavy atom. The van der Waals surface area contributed by atoms with E-state index in [0.717, 1.165) is 0 Å². The predicted octanol–water partition coefficient (Wildman–Crippen LogP) is -0.168. The number of hydrogen-bond donors (Lipinski definition) is 2. The average molecular weight is 171 g/mol. The third-order valence-electron chi connectivity index (χ3n) is 1.06. The van der Waals surface area contributed by atoms with Crippen LogP contribution in [0.3, 0.4) is 0 Å². The van der Waals surface area contributed by atoms with Crippen LogP contribution in [0.25, 0.3) is 0 Å². The molecular weight excluding hydrogens is 162 g/mol. The quantitative estimate of drug-likeness (QED) is 0.663. The first-order chi connectivity index (χ1) is 5.34. The number of nitrogens with two attached hydrogens (primary N) is 1. The van der Waals surface area contributed by atoms with E-state index in [-0.39, 0.29) is 5.91 Å². The van der Waals surface area contributed by atoms with Gasteiger partial charge in [0.15, 0.2) is 5.01 Å². The summed E-state index contributed by atoms with van der Waals surface area (Å²) >= 11 is 1.32. The SMILES string of the molecule is NCCNC(=O)c1nccs1. The molecule has 0 atom stereocenters. The van der Waals surface area contributed by atoms with Crippen molar-refractivity contribution in [3.63, 3.8) is 0 Å². The van der Waals surface area contributed by atoms with E-state index in [1.807, 2.05) is 0 Å². The second-order valence-corrected chi connectivity index (χ2v) is 2.78. The molecule has 0 aliphatic heterocycles. The molecule has 5 heteroatoms. The molecule has 4 nitrogen and oxygen atoms in total. The van der Waals surface area contributed by atoms with Crippen molar-refractivity contribution in [1.29, 1.82) is 0 Å². The molecule has 1 rings (SSSR count). The first-order valence-corrected chi connectivity index (χ1v) is 4.10. The van der Waals surface area contributed by atoms with Crippen molar-refractivity contribution in [2.75, 3.05) is 13.1 Å². The van der Waals surface area contributed by atoms with Crippen LogP contribution in [0.2, 0.25) is 0 Å². The minimum absolute atomic E-state index is 0.148. The summed E-state index contributed by atoms with van der Waals surface area (Å²) in [4.78, 5) is 14.9. The molecule has 0 aliphatic carbocycles. The molecule has 0 aliphatic rings. The first-order valence-electron chi connectivity index (χ1n) is 3.22. The molecule has 3 N–H and O–H groups in total. The Bertz CT molecular complexity index is 222. The molecule has 1 heterocycles. The summed E-state index contributed by atoms with van der Waals surface area (Å²) in [7, 11) is 0. The van der Waals surface area contributed by atoms with Gasteiger partial charge in [-0.05, 0) is 0 Å². The zero-order valence-corrected chi connectivity index (χ0v) is 6.73. The highest BCUT2D eigenvalue weighted by molar-refractivity contribution is 7.11. The van der Waals surface area contributed by atoms with E-state index in [0.29, 0.717) is 18.1 Å². The van der Waals surface area contributed by atoms with Crippen LogP contribution in [-0.4, -0.2) is 24.0 Å². The van der Waals surface area contributed by atoms with Gasteiger partial charge in [0.25, 0.3) is 5.91 Å². The summed E-state index contributed by atoms with van der Waals surface area (Å²) in [5.74, 6) is -0.148. The Morgan fingerprint density at radius 3 is 3.18 bits per heavy atom. The molecule has 60 valence electrons. The molecule has 1 aromatic rings. The highest BCUT2D eigenvalue weighted by atomic mass is 32.1. The molecule has 11 heavy (non-hydrogen) atoms. The second-order valence-electron chi connectivity index (χ2n) is 1.88. The van der Waals surface area contributed by atoms with Crippen LogP contribution in [-0.2, 0) is 0 Å². The van der Waals surface area contributed by atoms with Gasteiger partial charge in [0, 0.05) is 24.7 Å². The van der Waals surface area contributed by atoms with Gasteiger partial charge in [-0.15, -0.1) is 11.3 Å². The lowest BCUT2D eigenvalue weighted by atomic mass is 10.5. The number of carbonyl (C=O) groups excluding carboxylic acids is 1. The molecule has 1 amide bonds. The average Bonchev–Trinajstić information content (AvgIpc) is 2.52. The van der Waals surface area contributed by atoms with E-state index in [9.17, 15) is 4.79 Å². The number of carbonyl (C=O) groups is 1. The Kier molecular flexibility index (Phi) is 3.00. The summed E-state index contributed by atoms with van der Waals surface area (Å²) in [5, 5.41) is 4.86. The monoisotopic (exact) mass is 171 g/mol. The molecular formula is C6H9N3OS. The number of thiazole rings is 1. The lowest BCUT2D eigenvalue weighted by Gasteiger charge is -1.97. The minimum atomic E-state index is -0.148. The second kappa shape index (κ2) is 4.05. The number of nitrogens with one attached hydrogen (secondary N) is 1. The molecule has 0 fully saturated rings. The lowest BCUT2D eigenvalue weighted by molar-refractivity contribution is 0.0954. The lowest BCUT2D eigenvalue weighted by Crippen LogP contribution is -2.28. The van der Waals surface area contributed by atoms with Gasteiger partial charge < -0.3 is 11.1 Å². The summed E-state index contributed by atoms with van der Waals surface area (Å²) in [6.45, 7) is 0.954. The largest absolute Gasteiger partial charge is 0.349 e. The molecule has 0 spiro atoms. The zero-order valence-electron chi connectivity index (χ0n) is 5.91. The van der Waals surface area contributed by atoms with Crippen molar-refractivity contribution >= 4 is 17.2 Å². The van der Waals surface area contributed by atoms with Crippen molar-refractivity contribution in [2.45, 2.75) is 0 Å². The minimum Gasteiger partial charge on any atom is -0.349 e. The van der Waals surface area contributed by atoms with Gasteiger partial charge in [-0.25, -0.2) is 4.98 Å². The molecule has 0 aromatic carbocycles. The van der Waals surface area contributed by atoms with E-state index in [1.165, 1.54) is 11.3 Å². The maximum atomic E-state index is 11.0. The smallest absolute Gasteiger partial charge is 0.280 e. The van der Waals surface area contributed by atoms with Gasteiger partial charge in [-0.2, -0.15) is 0 Å². The number of rotatable bonds is 3. The Labute approximate surface area is 68.4 Å². The Hall–Kier alpha value is -0.940. The Morgan fingerprint density at radius 1 is 1.82 bits per heavy atom. The highest BCUT2D eigenvalue weighted by Gasteiger charge is 2.05. The topological polar surface area (TPSA) is 68.0 Å². The molecule has 1 aromatic heterocycles. The number of aromatic nitrogens is 1. The fourth-order valence-corrected chi connectivity index (χ4v) is 1.15. The fraction of sp³-hybridized carbons (Fsp3) is 0.333.